The van der Waals surface area contributed by atoms with Crippen LogP contribution in [0.3, 0.4) is 0 Å². The zero-order chi connectivity index (χ0) is 33.3. The molecule has 7 aromatic carbocycles. The average Bonchev–Trinajstić information content (AvgIpc) is 3.21. The van der Waals surface area contributed by atoms with Crippen LogP contribution in [0.25, 0.3) is 88.6 Å². The van der Waals surface area contributed by atoms with Crippen LogP contribution in [-0.2, 0) is 0 Å². The fraction of sp³-hybridized carbons (Fsp3) is 0. The topological polar surface area (TPSA) is 25.8 Å². The quantitative estimate of drug-likeness (QED) is 0.170. The van der Waals surface area contributed by atoms with Crippen molar-refractivity contribution in [3.63, 3.8) is 0 Å². The number of aromatic nitrogens is 2. The summed E-state index contributed by atoms with van der Waals surface area (Å²) < 4.78 is 0. The number of fused-ring (bicyclic) bond motifs is 3. The van der Waals surface area contributed by atoms with Crippen molar-refractivity contribution in [1.29, 1.82) is 0 Å². The third kappa shape index (κ3) is 5.53. The van der Waals surface area contributed by atoms with Crippen molar-refractivity contribution in [3.8, 4) is 66.9 Å². The molecule has 0 aliphatic rings. The second kappa shape index (κ2) is 12.8. The van der Waals surface area contributed by atoms with Gasteiger partial charge in [-0.1, -0.05) is 158 Å². The predicted octanol–water partition coefficient (Wildman–Crippen LogP) is 12.8. The maximum Gasteiger partial charge on any atom is 0.0794 e. The van der Waals surface area contributed by atoms with Crippen LogP contribution >= 0.6 is 0 Å². The number of pyridine rings is 2. The van der Waals surface area contributed by atoms with Crippen LogP contribution in [0.1, 0.15) is 0 Å². The maximum atomic E-state index is 5.41. The Morgan fingerprint density at radius 2 is 0.680 bits per heavy atom. The summed E-state index contributed by atoms with van der Waals surface area (Å²) >= 11 is 0. The first-order chi connectivity index (χ1) is 24.8. The summed E-state index contributed by atoms with van der Waals surface area (Å²) in [6, 6.07) is 65.1. The number of nitrogens with zero attached hydrogens (tertiary/aromatic N) is 2. The monoisotopic (exact) mass is 636 g/mol. The van der Waals surface area contributed by atoms with Gasteiger partial charge < -0.3 is 0 Å². The van der Waals surface area contributed by atoms with Crippen molar-refractivity contribution >= 4 is 21.7 Å². The molecular weight excluding hydrogens is 605 g/mol. The molecule has 0 saturated carbocycles. The van der Waals surface area contributed by atoms with Gasteiger partial charge in [-0.05, 0) is 85.3 Å². The molecule has 0 atom stereocenters. The fourth-order valence-corrected chi connectivity index (χ4v) is 7.00. The molecule has 0 spiro atoms. The van der Waals surface area contributed by atoms with Gasteiger partial charge >= 0.3 is 0 Å². The predicted molar refractivity (Wildman–Crippen MR) is 210 cm³/mol. The van der Waals surface area contributed by atoms with Gasteiger partial charge in [-0.25, -0.2) is 4.98 Å². The van der Waals surface area contributed by atoms with E-state index in [1.807, 2.05) is 24.5 Å². The molecule has 2 heterocycles. The van der Waals surface area contributed by atoms with Crippen LogP contribution in [0.2, 0.25) is 0 Å². The lowest BCUT2D eigenvalue weighted by Gasteiger charge is -2.16. The van der Waals surface area contributed by atoms with Gasteiger partial charge in [0.1, 0.15) is 0 Å². The van der Waals surface area contributed by atoms with E-state index in [9.17, 15) is 0 Å². The Labute approximate surface area is 292 Å². The Bertz CT molecular complexity index is 2580. The summed E-state index contributed by atoms with van der Waals surface area (Å²) in [6.07, 6.45) is 3.67. The Kier molecular flexibility index (Phi) is 7.53. The third-order valence-electron chi connectivity index (χ3n) is 9.62. The van der Waals surface area contributed by atoms with Crippen LogP contribution in [0.4, 0.5) is 0 Å². The summed E-state index contributed by atoms with van der Waals surface area (Å²) in [7, 11) is 0. The molecule has 2 heteroatoms. The molecule has 0 aliphatic heterocycles. The lowest BCUT2D eigenvalue weighted by molar-refractivity contribution is 1.33. The van der Waals surface area contributed by atoms with Crippen LogP contribution in [-0.4, -0.2) is 9.97 Å². The first-order valence-corrected chi connectivity index (χ1v) is 17.0. The van der Waals surface area contributed by atoms with Gasteiger partial charge in [-0.3, -0.25) is 4.98 Å². The standard InChI is InChI=1S/C48H32N2/c1-3-9-33(10-4-1)35-15-21-39(22-16-35)44-31-46-45(40-23-17-36(18-24-40)34-11-5-2-6-12-34)32-47(50-48(46)43-14-8-7-13-42(43)44)41-25-19-37(20-26-41)38-27-29-49-30-28-38/h1-32H. The smallest absolute Gasteiger partial charge is 0.0794 e. The minimum Gasteiger partial charge on any atom is -0.265 e. The van der Waals surface area contributed by atoms with Crippen molar-refractivity contribution < 1.29 is 0 Å². The molecule has 50 heavy (non-hydrogen) atoms. The molecule has 0 aliphatic carbocycles. The number of benzene rings is 7. The van der Waals surface area contributed by atoms with Crippen LogP contribution in [0.15, 0.2) is 194 Å². The molecule has 0 saturated heterocycles. The Balaban J connectivity index is 1.24. The van der Waals surface area contributed by atoms with Gasteiger partial charge in [0.2, 0.25) is 0 Å². The highest BCUT2D eigenvalue weighted by atomic mass is 14.7. The van der Waals surface area contributed by atoms with E-state index in [-0.39, 0.29) is 0 Å². The van der Waals surface area contributed by atoms with Crippen molar-refractivity contribution in [2.75, 3.05) is 0 Å². The highest BCUT2D eigenvalue weighted by Gasteiger charge is 2.16. The van der Waals surface area contributed by atoms with Crippen LogP contribution < -0.4 is 0 Å². The van der Waals surface area contributed by atoms with Gasteiger partial charge in [0.15, 0.2) is 0 Å². The van der Waals surface area contributed by atoms with Gasteiger partial charge in [-0.2, -0.15) is 0 Å². The molecule has 0 unspecified atom stereocenters. The minimum absolute atomic E-state index is 0.950. The summed E-state index contributed by atoms with van der Waals surface area (Å²) in [5.74, 6) is 0. The molecule has 9 rings (SSSR count). The molecule has 2 nitrogen and oxygen atoms in total. The molecule has 2 aromatic heterocycles. The zero-order valence-electron chi connectivity index (χ0n) is 27.4. The maximum absolute atomic E-state index is 5.41. The van der Waals surface area contributed by atoms with Crippen molar-refractivity contribution in [3.05, 3.63) is 194 Å². The number of hydrogen-bond acceptors (Lipinski definition) is 2. The van der Waals surface area contributed by atoms with E-state index in [4.69, 9.17) is 4.98 Å². The molecule has 0 fully saturated rings. The van der Waals surface area contributed by atoms with Crippen molar-refractivity contribution in [2.24, 2.45) is 0 Å². The van der Waals surface area contributed by atoms with Gasteiger partial charge in [-0.15, -0.1) is 0 Å². The third-order valence-corrected chi connectivity index (χ3v) is 9.62. The highest BCUT2D eigenvalue weighted by Crippen LogP contribution is 2.41. The van der Waals surface area contributed by atoms with E-state index in [0.717, 1.165) is 49.8 Å². The normalized spacial score (nSPS) is 11.2. The summed E-state index contributed by atoms with van der Waals surface area (Å²) in [5.41, 5.74) is 14.9. The van der Waals surface area contributed by atoms with E-state index in [1.54, 1.807) is 0 Å². The Morgan fingerprint density at radius 1 is 0.280 bits per heavy atom. The molecular formula is C48H32N2. The van der Waals surface area contributed by atoms with E-state index >= 15 is 0 Å². The van der Waals surface area contributed by atoms with Crippen LogP contribution in [0.5, 0.6) is 0 Å². The summed E-state index contributed by atoms with van der Waals surface area (Å²) in [4.78, 5) is 9.59. The lowest BCUT2D eigenvalue weighted by Crippen LogP contribution is -1.93. The zero-order valence-corrected chi connectivity index (χ0v) is 27.4. The molecule has 234 valence electrons. The Morgan fingerprint density at radius 3 is 1.22 bits per heavy atom. The molecule has 0 bridgehead atoms. The second-order valence-electron chi connectivity index (χ2n) is 12.6. The van der Waals surface area contributed by atoms with Crippen molar-refractivity contribution in [2.45, 2.75) is 0 Å². The van der Waals surface area contributed by atoms with E-state index in [2.05, 4.69) is 175 Å². The number of rotatable bonds is 6. The van der Waals surface area contributed by atoms with Crippen molar-refractivity contribution in [1.82, 2.24) is 9.97 Å². The average molecular weight is 637 g/mol. The number of hydrogen-bond donors (Lipinski definition) is 0. The first kappa shape index (κ1) is 29.5. The first-order valence-electron chi connectivity index (χ1n) is 17.0. The largest absolute Gasteiger partial charge is 0.265 e. The lowest BCUT2D eigenvalue weighted by atomic mass is 9.90. The van der Waals surface area contributed by atoms with E-state index < -0.39 is 0 Å². The molecule has 0 amide bonds. The summed E-state index contributed by atoms with van der Waals surface area (Å²) in [6.45, 7) is 0. The fourth-order valence-electron chi connectivity index (χ4n) is 7.00. The SMILES string of the molecule is c1ccc(-c2ccc(-c3cc4c(-c5ccc(-c6ccccc6)cc5)cc(-c5ccc(-c6ccncc6)cc5)nc4c4ccccc34)cc2)cc1. The van der Waals surface area contributed by atoms with Gasteiger partial charge in [0.05, 0.1) is 11.2 Å². The van der Waals surface area contributed by atoms with E-state index in [0.29, 0.717) is 0 Å². The minimum atomic E-state index is 0.950. The summed E-state index contributed by atoms with van der Waals surface area (Å²) in [5, 5.41) is 3.47. The molecule has 0 N–H and O–H groups in total. The molecule has 0 radical (unpaired) electrons. The van der Waals surface area contributed by atoms with Gasteiger partial charge in [0, 0.05) is 28.7 Å². The Hall–Kier alpha value is -6.64. The van der Waals surface area contributed by atoms with E-state index in [1.165, 1.54) is 38.8 Å². The van der Waals surface area contributed by atoms with Crippen LogP contribution in [0, 0.1) is 0 Å². The molecule has 9 aromatic rings. The highest BCUT2D eigenvalue weighted by molar-refractivity contribution is 6.16. The van der Waals surface area contributed by atoms with Gasteiger partial charge in [0.25, 0.3) is 0 Å². The second-order valence-corrected chi connectivity index (χ2v) is 12.6.